The van der Waals surface area contributed by atoms with Crippen molar-refractivity contribution in [3.8, 4) is 0 Å². The highest BCUT2D eigenvalue weighted by Gasteiger charge is 2.14. The number of hydrogen-bond donors (Lipinski definition) is 3. The number of thiocarbonyl (C=S) groups is 1. The fourth-order valence-electron chi connectivity index (χ4n) is 1.06. The van der Waals surface area contributed by atoms with Gasteiger partial charge in [-0.05, 0) is 31.3 Å². The fourth-order valence-corrected chi connectivity index (χ4v) is 2.08. The first-order valence-corrected chi connectivity index (χ1v) is 6.40. The van der Waals surface area contributed by atoms with E-state index < -0.39 is 10.0 Å². The molecule has 0 aliphatic heterocycles. The minimum atomic E-state index is -3.79. The summed E-state index contributed by atoms with van der Waals surface area (Å²) in [4.78, 5) is 13.1. The van der Waals surface area contributed by atoms with Crippen molar-refractivity contribution in [3.05, 3.63) is 29.8 Å². The van der Waals surface area contributed by atoms with Crippen molar-refractivity contribution < 1.29 is 13.2 Å². The molecule has 4 N–H and O–H groups in total. The van der Waals surface area contributed by atoms with E-state index in [-0.39, 0.29) is 15.8 Å². The molecule has 0 aliphatic rings. The maximum atomic E-state index is 11.7. The maximum Gasteiger partial charge on any atom is 0.257 e. The summed E-state index contributed by atoms with van der Waals surface area (Å²) in [5, 5.41) is -0.198. The fraction of sp³-hybridized carbons (Fsp3) is 0.111. The lowest BCUT2D eigenvalue weighted by Gasteiger charge is -2.08. The topological polar surface area (TPSA) is 101 Å². The van der Waals surface area contributed by atoms with E-state index in [1.165, 1.54) is 31.2 Å². The Kier molecular flexibility index (Phi) is 4.16. The molecule has 0 fully saturated rings. The monoisotopic (exact) mass is 273 g/mol. The molecule has 0 unspecified atom stereocenters. The molecule has 1 aromatic rings. The van der Waals surface area contributed by atoms with Gasteiger partial charge in [-0.3, -0.25) is 10.2 Å². The third-order valence-corrected chi connectivity index (χ3v) is 3.21. The third kappa shape index (κ3) is 3.77. The van der Waals surface area contributed by atoms with Gasteiger partial charge in [0.2, 0.25) is 0 Å². The number of carbonyl (C=O) groups is 1. The number of hydrogen-bond acceptors (Lipinski definition) is 4. The summed E-state index contributed by atoms with van der Waals surface area (Å²) in [5.41, 5.74) is 7.52. The van der Waals surface area contributed by atoms with Crippen LogP contribution in [0.1, 0.15) is 17.3 Å². The van der Waals surface area contributed by atoms with E-state index in [4.69, 9.17) is 5.73 Å². The molecule has 0 saturated carbocycles. The molecular formula is C9H11N3O3S2. The summed E-state index contributed by atoms with van der Waals surface area (Å²) in [7, 11) is -3.79. The van der Waals surface area contributed by atoms with E-state index in [0.717, 1.165) is 0 Å². The second-order valence-electron chi connectivity index (χ2n) is 3.18. The van der Waals surface area contributed by atoms with Crippen LogP contribution in [0, 0.1) is 0 Å². The first-order valence-electron chi connectivity index (χ1n) is 4.51. The highest BCUT2D eigenvalue weighted by atomic mass is 32.2. The quantitative estimate of drug-likeness (QED) is 0.403. The molecule has 0 spiro atoms. The Morgan fingerprint density at radius 3 is 2.59 bits per heavy atom. The van der Waals surface area contributed by atoms with Crippen LogP contribution in [-0.2, 0) is 10.0 Å². The molecular weight excluding hydrogens is 262 g/mol. The Labute approximate surface area is 104 Å². The van der Waals surface area contributed by atoms with Crippen molar-refractivity contribution in [2.75, 3.05) is 0 Å². The van der Waals surface area contributed by atoms with Crippen molar-refractivity contribution in [2.45, 2.75) is 11.8 Å². The molecule has 0 amide bonds. The van der Waals surface area contributed by atoms with Crippen LogP contribution in [0.25, 0.3) is 0 Å². The zero-order valence-electron chi connectivity index (χ0n) is 8.93. The Bertz CT molecular complexity index is 554. The van der Waals surface area contributed by atoms with Gasteiger partial charge in [0.1, 0.15) is 0 Å². The lowest BCUT2D eigenvalue weighted by atomic mass is 10.2. The van der Waals surface area contributed by atoms with E-state index in [1.54, 1.807) is 0 Å². The highest BCUT2D eigenvalue weighted by Crippen LogP contribution is 2.11. The lowest BCUT2D eigenvalue weighted by molar-refractivity contribution is 0.101. The molecule has 0 heterocycles. The summed E-state index contributed by atoms with van der Waals surface area (Å²) in [6, 6.07) is 5.64. The predicted octanol–water partition coefficient (Wildman–Crippen LogP) is -0.0843. The summed E-state index contributed by atoms with van der Waals surface area (Å²) in [5.74, 6) is -0.218. The molecule has 0 saturated heterocycles. The van der Waals surface area contributed by atoms with Gasteiger partial charge in [-0.2, -0.15) is 0 Å². The number of Topliss-reactive ketones (excluding diaryl/α,β-unsaturated/α-hetero) is 1. The number of sulfonamides is 1. The Balaban J connectivity index is 3.03. The molecule has 6 nitrogen and oxygen atoms in total. The van der Waals surface area contributed by atoms with Crippen LogP contribution in [0.15, 0.2) is 29.2 Å². The number of rotatable bonds is 4. The predicted molar refractivity (Wildman–Crippen MR) is 66.7 cm³/mol. The molecule has 1 aromatic carbocycles. The van der Waals surface area contributed by atoms with E-state index in [0.29, 0.717) is 5.56 Å². The highest BCUT2D eigenvalue weighted by molar-refractivity contribution is 7.89. The van der Waals surface area contributed by atoms with Crippen LogP contribution in [0.3, 0.4) is 0 Å². The molecule has 1 rings (SSSR count). The number of benzene rings is 1. The largest absolute Gasteiger partial charge is 0.375 e. The normalized spacial score (nSPS) is 10.9. The average molecular weight is 273 g/mol. The molecule has 0 aliphatic carbocycles. The number of hydrazine groups is 1. The lowest BCUT2D eigenvalue weighted by Crippen LogP contribution is -2.44. The Morgan fingerprint density at radius 1 is 1.41 bits per heavy atom. The molecule has 0 radical (unpaired) electrons. The van der Waals surface area contributed by atoms with Gasteiger partial charge in [0.25, 0.3) is 10.0 Å². The summed E-state index contributed by atoms with van der Waals surface area (Å²) in [6.07, 6.45) is 0. The standard InChI is InChI=1S/C9H11N3O3S2/c1-6(13)7-3-2-4-8(5-7)17(14,15)12-11-9(10)16/h2-5,12H,1H3,(H3,10,11,16). The number of carbonyl (C=O) groups excluding carboxylic acids is 1. The summed E-state index contributed by atoms with van der Waals surface area (Å²) < 4.78 is 23.4. The molecule has 92 valence electrons. The third-order valence-electron chi connectivity index (χ3n) is 1.86. The molecule has 0 atom stereocenters. The second kappa shape index (κ2) is 5.21. The van der Waals surface area contributed by atoms with Gasteiger partial charge in [0.15, 0.2) is 10.9 Å². The van der Waals surface area contributed by atoms with Gasteiger partial charge in [-0.1, -0.05) is 12.1 Å². The van der Waals surface area contributed by atoms with Crippen LogP contribution in [-0.4, -0.2) is 19.3 Å². The van der Waals surface area contributed by atoms with Crippen LogP contribution in [0.5, 0.6) is 0 Å². The summed E-state index contributed by atoms with van der Waals surface area (Å²) in [6.45, 7) is 1.35. The Morgan fingerprint density at radius 2 is 2.06 bits per heavy atom. The van der Waals surface area contributed by atoms with Crippen LogP contribution >= 0.6 is 12.2 Å². The smallest absolute Gasteiger partial charge is 0.257 e. The number of nitrogens with two attached hydrogens (primary N) is 1. The van der Waals surface area contributed by atoms with Gasteiger partial charge in [0, 0.05) is 5.56 Å². The van der Waals surface area contributed by atoms with Crippen LogP contribution in [0.2, 0.25) is 0 Å². The van der Waals surface area contributed by atoms with Crippen LogP contribution in [0.4, 0.5) is 0 Å². The van der Waals surface area contributed by atoms with Crippen molar-refractivity contribution in [2.24, 2.45) is 5.73 Å². The minimum Gasteiger partial charge on any atom is -0.375 e. The van der Waals surface area contributed by atoms with E-state index in [9.17, 15) is 13.2 Å². The van der Waals surface area contributed by atoms with Crippen molar-refractivity contribution in [1.29, 1.82) is 0 Å². The molecule has 17 heavy (non-hydrogen) atoms. The molecule has 0 bridgehead atoms. The van der Waals surface area contributed by atoms with Crippen LogP contribution < -0.4 is 16.0 Å². The van der Waals surface area contributed by atoms with Gasteiger partial charge in [-0.25, -0.2) is 8.42 Å². The van der Waals surface area contributed by atoms with Gasteiger partial charge in [-0.15, -0.1) is 4.83 Å². The van der Waals surface area contributed by atoms with Gasteiger partial charge < -0.3 is 5.73 Å². The zero-order chi connectivity index (χ0) is 13.1. The minimum absolute atomic E-state index is 0.0473. The second-order valence-corrected chi connectivity index (χ2v) is 5.30. The van der Waals surface area contributed by atoms with Crippen molar-refractivity contribution in [1.82, 2.24) is 10.3 Å². The zero-order valence-corrected chi connectivity index (χ0v) is 10.6. The number of nitrogens with one attached hydrogen (secondary N) is 2. The maximum absolute atomic E-state index is 11.7. The first kappa shape index (κ1) is 13.6. The molecule has 0 aromatic heterocycles. The Hall–Kier alpha value is -1.51. The SMILES string of the molecule is CC(=O)c1cccc(S(=O)(=O)NNC(N)=S)c1. The number of ketones is 1. The van der Waals surface area contributed by atoms with Gasteiger partial charge >= 0.3 is 0 Å². The summed E-state index contributed by atoms with van der Waals surface area (Å²) >= 11 is 4.47. The van der Waals surface area contributed by atoms with E-state index in [1.807, 2.05) is 4.83 Å². The van der Waals surface area contributed by atoms with E-state index in [2.05, 4.69) is 17.6 Å². The van der Waals surface area contributed by atoms with Crippen molar-refractivity contribution >= 4 is 33.1 Å². The molecule has 8 heteroatoms. The first-order chi connectivity index (χ1) is 7.83. The average Bonchev–Trinajstić information content (AvgIpc) is 2.27. The van der Waals surface area contributed by atoms with Crippen molar-refractivity contribution in [3.63, 3.8) is 0 Å². The van der Waals surface area contributed by atoms with E-state index >= 15 is 0 Å². The van der Waals surface area contributed by atoms with Gasteiger partial charge in [0.05, 0.1) is 4.90 Å².